The van der Waals surface area contributed by atoms with E-state index in [0.29, 0.717) is 5.92 Å². The quantitative estimate of drug-likeness (QED) is 0.906. The van der Waals surface area contributed by atoms with Crippen LogP contribution in [0, 0.1) is 19.8 Å². The van der Waals surface area contributed by atoms with Crippen LogP contribution >= 0.6 is 0 Å². The van der Waals surface area contributed by atoms with Crippen molar-refractivity contribution in [2.75, 3.05) is 18.4 Å². The molecule has 2 aliphatic rings. The maximum atomic E-state index is 4.76. The summed E-state index contributed by atoms with van der Waals surface area (Å²) in [7, 11) is 0. The van der Waals surface area contributed by atoms with Gasteiger partial charge in [-0.1, -0.05) is 6.07 Å². The maximum absolute atomic E-state index is 4.76. The molecule has 3 heterocycles. The zero-order valence-electron chi connectivity index (χ0n) is 14.5. The predicted octanol–water partition coefficient (Wildman–Crippen LogP) is 2.74. The first-order chi connectivity index (χ1) is 11.7. The molecule has 2 aromatic heterocycles. The number of hydrogen-bond acceptors (Lipinski definition) is 5. The number of aromatic nitrogens is 3. The Bertz CT molecular complexity index is 739. The largest absolute Gasteiger partial charge is 0.361 e. The van der Waals surface area contributed by atoms with Crippen molar-refractivity contribution >= 4 is 5.82 Å². The van der Waals surface area contributed by atoms with Crippen LogP contribution in [0.4, 0.5) is 5.82 Å². The Morgan fingerprint density at radius 3 is 2.79 bits per heavy atom. The Balaban J connectivity index is 1.70. The molecule has 0 aromatic carbocycles. The lowest BCUT2D eigenvalue weighted by molar-refractivity contribution is 0.647. The van der Waals surface area contributed by atoms with Gasteiger partial charge in [0.1, 0.15) is 11.6 Å². The van der Waals surface area contributed by atoms with Gasteiger partial charge in [-0.3, -0.25) is 4.98 Å². The average Bonchev–Trinajstić information content (AvgIpc) is 3.40. The second kappa shape index (κ2) is 6.48. The minimum Gasteiger partial charge on any atom is -0.361 e. The number of aryl methyl sites for hydroxylation is 2. The van der Waals surface area contributed by atoms with E-state index in [0.717, 1.165) is 43.3 Å². The van der Waals surface area contributed by atoms with Crippen molar-refractivity contribution in [2.45, 2.75) is 45.6 Å². The fraction of sp³-hybridized carbons (Fsp3) is 0.526. The molecular weight excluding hydrogens is 298 g/mol. The molecule has 4 rings (SSSR count). The Morgan fingerprint density at radius 2 is 2.00 bits per heavy atom. The van der Waals surface area contributed by atoms with Crippen LogP contribution in [-0.2, 0) is 12.8 Å². The Morgan fingerprint density at radius 1 is 1.17 bits per heavy atom. The summed E-state index contributed by atoms with van der Waals surface area (Å²) in [6.45, 7) is 6.12. The van der Waals surface area contributed by atoms with Crippen LogP contribution in [0.15, 0.2) is 18.3 Å². The monoisotopic (exact) mass is 323 g/mol. The molecule has 1 aliphatic heterocycles. The lowest BCUT2D eigenvalue weighted by Gasteiger charge is -2.22. The van der Waals surface area contributed by atoms with Crippen molar-refractivity contribution < 1.29 is 0 Å². The molecule has 0 amide bonds. The molecule has 2 N–H and O–H groups in total. The van der Waals surface area contributed by atoms with Crippen molar-refractivity contribution in [2.24, 2.45) is 5.92 Å². The van der Waals surface area contributed by atoms with Crippen molar-refractivity contribution in [1.29, 1.82) is 0 Å². The summed E-state index contributed by atoms with van der Waals surface area (Å²) in [4.78, 5) is 14.1. The molecule has 0 spiro atoms. The van der Waals surface area contributed by atoms with Crippen LogP contribution in [0.3, 0.4) is 0 Å². The fourth-order valence-corrected chi connectivity index (χ4v) is 3.60. The second-order valence-electron chi connectivity index (χ2n) is 6.96. The van der Waals surface area contributed by atoms with E-state index in [1.165, 1.54) is 29.7 Å². The Labute approximate surface area is 143 Å². The van der Waals surface area contributed by atoms with E-state index in [9.17, 15) is 0 Å². The minimum atomic E-state index is 0.251. The number of nitrogens with one attached hydrogen (secondary N) is 2. The molecule has 5 nitrogen and oxygen atoms in total. The van der Waals surface area contributed by atoms with Gasteiger partial charge in [-0.15, -0.1) is 0 Å². The molecule has 0 radical (unpaired) electrons. The smallest absolute Gasteiger partial charge is 0.133 e. The summed E-state index contributed by atoms with van der Waals surface area (Å²) >= 11 is 0. The number of hydrogen-bond donors (Lipinski definition) is 2. The summed E-state index contributed by atoms with van der Waals surface area (Å²) in [6, 6.07) is 4.41. The third-order valence-corrected chi connectivity index (χ3v) is 5.03. The van der Waals surface area contributed by atoms with Gasteiger partial charge in [0.15, 0.2) is 0 Å². The number of fused-ring (bicyclic) bond motifs is 1. The third-order valence-electron chi connectivity index (χ3n) is 5.03. The van der Waals surface area contributed by atoms with Crippen LogP contribution in [0.2, 0.25) is 0 Å². The van der Waals surface area contributed by atoms with Crippen molar-refractivity contribution in [1.82, 2.24) is 20.3 Å². The topological polar surface area (TPSA) is 62.7 Å². The molecular formula is C19H25N5. The van der Waals surface area contributed by atoms with E-state index in [4.69, 9.17) is 4.98 Å². The maximum Gasteiger partial charge on any atom is 0.133 e. The SMILES string of the molecule is Cc1nc2c(c(NC(c3ncccc3C)C3CC3)n1)CCNCC2. The predicted molar refractivity (Wildman–Crippen MR) is 95.1 cm³/mol. The van der Waals surface area contributed by atoms with Gasteiger partial charge in [-0.2, -0.15) is 0 Å². The fourth-order valence-electron chi connectivity index (χ4n) is 3.60. The number of anilines is 1. The molecule has 1 atom stereocenters. The van der Waals surface area contributed by atoms with Gasteiger partial charge < -0.3 is 10.6 Å². The minimum absolute atomic E-state index is 0.251. The first-order valence-electron chi connectivity index (χ1n) is 8.97. The number of pyridine rings is 1. The van der Waals surface area contributed by atoms with Crippen LogP contribution in [0.5, 0.6) is 0 Å². The molecule has 2 aromatic rings. The van der Waals surface area contributed by atoms with E-state index < -0.39 is 0 Å². The molecule has 1 aliphatic carbocycles. The van der Waals surface area contributed by atoms with Gasteiger partial charge in [-0.25, -0.2) is 9.97 Å². The van der Waals surface area contributed by atoms with E-state index >= 15 is 0 Å². The van der Waals surface area contributed by atoms with E-state index in [1.54, 1.807) is 0 Å². The molecule has 5 heteroatoms. The lowest BCUT2D eigenvalue weighted by Crippen LogP contribution is -2.19. The van der Waals surface area contributed by atoms with E-state index in [2.05, 4.69) is 33.6 Å². The first kappa shape index (κ1) is 15.5. The van der Waals surface area contributed by atoms with Gasteiger partial charge in [0.2, 0.25) is 0 Å². The number of rotatable bonds is 4. The summed E-state index contributed by atoms with van der Waals surface area (Å²) in [5, 5.41) is 7.22. The Kier molecular flexibility index (Phi) is 4.19. The second-order valence-corrected chi connectivity index (χ2v) is 6.96. The van der Waals surface area contributed by atoms with E-state index in [1.807, 2.05) is 19.2 Å². The van der Waals surface area contributed by atoms with Crippen LogP contribution in [0.25, 0.3) is 0 Å². The lowest BCUT2D eigenvalue weighted by atomic mass is 10.0. The van der Waals surface area contributed by atoms with Crippen LogP contribution in [-0.4, -0.2) is 28.0 Å². The molecule has 1 unspecified atom stereocenters. The highest BCUT2D eigenvalue weighted by atomic mass is 15.1. The van der Waals surface area contributed by atoms with Gasteiger partial charge in [-0.05, 0) is 57.2 Å². The van der Waals surface area contributed by atoms with Crippen molar-refractivity contribution in [3.63, 3.8) is 0 Å². The molecule has 126 valence electrons. The zero-order chi connectivity index (χ0) is 16.5. The van der Waals surface area contributed by atoms with Gasteiger partial charge in [0.25, 0.3) is 0 Å². The van der Waals surface area contributed by atoms with Gasteiger partial charge in [0, 0.05) is 24.7 Å². The van der Waals surface area contributed by atoms with E-state index in [-0.39, 0.29) is 6.04 Å². The molecule has 1 saturated carbocycles. The highest BCUT2D eigenvalue weighted by Crippen LogP contribution is 2.43. The molecule has 1 fully saturated rings. The van der Waals surface area contributed by atoms with Gasteiger partial charge >= 0.3 is 0 Å². The highest BCUT2D eigenvalue weighted by molar-refractivity contribution is 5.50. The normalized spacial score (nSPS) is 18.6. The summed E-state index contributed by atoms with van der Waals surface area (Å²) in [5.41, 5.74) is 4.89. The third kappa shape index (κ3) is 3.13. The van der Waals surface area contributed by atoms with Crippen LogP contribution < -0.4 is 10.6 Å². The average molecular weight is 323 g/mol. The van der Waals surface area contributed by atoms with Crippen LogP contribution in [0.1, 0.15) is 47.2 Å². The van der Waals surface area contributed by atoms with Gasteiger partial charge in [0.05, 0.1) is 17.4 Å². The molecule has 0 bridgehead atoms. The molecule has 24 heavy (non-hydrogen) atoms. The summed E-state index contributed by atoms with van der Waals surface area (Å²) in [5.74, 6) is 2.53. The highest BCUT2D eigenvalue weighted by Gasteiger charge is 2.35. The summed E-state index contributed by atoms with van der Waals surface area (Å²) < 4.78 is 0. The summed E-state index contributed by atoms with van der Waals surface area (Å²) in [6.07, 6.45) is 6.39. The van der Waals surface area contributed by atoms with Crippen molar-refractivity contribution in [3.05, 3.63) is 46.7 Å². The first-order valence-corrected chi connectivity index (χ1v) is 8.97. The standard InChI is InChI=1S/C19H25N5/c1-12-4-3-9-21-17(12)18(14-5-6-14)24-19-15-7-10-20-11-8-16(15)22-13(2)23-19/h3-4,9,14,18,20H,5-8,10-11H2,1-2H3,(H,22,23,24). The number of nitrogens with zero attached hydrogens (tertiary/aromatic N) is 3. The zero-order valence-corrected chi connectivity index (χ0v) is 14.5. The molecule has 0 saturated heterocycles. The van der Waals surface area contributed by atoms with Crippen molar-refractivity contribution in [3.8, 4) is 0 Å². The Hall–Kier alpha value is -2.01.